The third-order valence-electron chi connectivity index (χ3n) is 3.36. The number of rotatable bonds is 1. The molecular weight excluding hydrogens is 276 g/mol. The number of anilines is 1. The third kappa shape index (κ3) is 1.82. The van der Waals surface area contributed by atoms with Crippen LogP contribution in [0.15, 0.2) is 10.5 Å². The summed E-state index contributed by atoms with van der Waals surface area (Å²) in [6.45, 7) is 8.33. The molecule has 17 heavy (non-hydrogen) atoms. The summed E-state index contributed by atoms with van der Waals surface area (Å²) in [6, 6.07) is 2.10. The molecule has 0 aliphatic carbocycles. The molecule has 0 aliphatic heterocycles. The van der Waals surface area contributed by atoms with Crippen LogP contribution in [0.1, 0.15) is 29.3 Å². The van der Waals surface area contributed by atoms with E-state index in [9.17, 15) is 0 Å². The van der Waals surface area contributed by atoms with E-state index in [4.69, 9.17) is 10.7 Å². The smallest absolute Gasteiger partial charge is 0.0732 e. The monoisotopic (exact) mass is 292 g/mol. The van der Waals surface area contributed by atoms with E-state index in [2.05, 4.69) is 42.8 Å². The zero-order chi connectivity index (χ0) is 12.7. The summed E-state index contributed by atoms with van der Waals surface area (Å²) in [4.78, 5) is 4.72. The summed E-state index contributed by atoms with van der Waals surface area (Å²) >= 11 is 3.61. The van der Waals surface area contributed by atoms with E-state index in [1.165, 1.54) is 11.1 Å². The van der Waals surface area contributed by atoms with Crippen molar-refractivity contribution in [2.45, 2.75) is 34.1 Å². The first-order valence-electron chi connectivity index (χ1n) is 5.81. The maximum Gasteiger partial charge on any atom is 0.0732 e. The molecule has 0 saturated carbocycles. The molecule has 0 fully saturated rings. The van der Waals surface area contributed by atoms with E-state index in [1.54, 1.807) is 0 Å². The van der Waals surface area contributed by atoms with Gasteiger partial charge >= 0.3 is 0 Å². The van der Waals surface area contributed by atoms with Crippen molar-refractivity contribution in [3.63, 3.8) is 0 Å². The molecule has 2 nitrogen and oxygen atoms in total. The fourth-order valence-corrected chi connectivity index (χ4v) is 2.60. The Hall–Kier alpha value is -1.09. The van der Waals surface area contributed by atoms with E-state index in [0.29, 0.717) is 0 Å². The number of benzene rings is 1. The number of nitrogens with two attached hydrogens (primary N) is 1. The second-order valence-electron chi connectivity index (χ2n) is 4.48. The highest BCUT2D eigenvalue weighted by Gasteiger charge is 2.13. The molecule has 2 aromatic rings. The number of aromatic nitrogens is 1. The van der Waals surface area contributed by atoms with Crippen molar-refractivity contribution >= 4 is 32.5 Å². The van der Waals surface area contributed by atoms with Crippen molar-refractivity contribution in [3.8, 4) is 0 Å². The summed E-state index contributed by atoms with van der Waals surface area (Å²) in [5.74, 6) is 0. The predicted molar refractivity (Wildman–Crippen MR) is 77.4 cm³/mol. The minimum atomic E-state index is 0.866. The Bertz CT molecular complexity index is 603. The second kappa shape index (κ2) is 4.30. The lowest BCUT2D eigenvalue weighted by molar-refractivity contribution is 1.03. The molecule has 0 bridgehead atoms. The number of fused-ring (bicyclic) bond motifs is 1. The van der Waals surface area contributed by atoms with Gasteiger partial charge in [0.25, 0.3) is 0 Å². The molecular formula is C14H17BrN2. The normalized spacial score (nSPS) is 11.1. The van der Waals surface area contributed by atoms with Gasteiger partial charge in [0, 0.05) is 21.2 Å². The Balaban J connectivity index is 2.97. The molecule has 2 N–H and O–H groups in total. The van der Waals surface area contributed by atoms with Crippen LogP contribution in [0.4, 0.5) is 5.69 Å². The van der Waals surface area contributed by atoms with Gasteiger partial charge < -0.3 is 5.73 Å². The quantitative estimate of drug-likeness (QED) is 0.861. The molecule has 90 valence electrons. The summed E-state index contributed by atoms with van der Waals surface area (Å²) in [5.41, 5.74) is 12.7. The van der Waals surface area contributed by atoms with E-state index in [1.807, 2.05) is 6.92 Å². The van der Waals surface area contributed by atoms with Crippen molar-refractivity contribution < 1.29 is 0 Å². The zero-order valence-electron chi connectivity index (χ0n) is 10.7. The Morgan fingerprint density at radius 3 is 2.47 bits per heavy atom. The number of pyridine rings is 1. The lowest BCUT2D eigenvalue weighted by Crippen LogP contribution is -2.02. The Morgan fingerprint density at radius 2 is 1.88 bits per heavy atom. The minimum absolute atomic E-state index is 0.866. The molecule has 1 aromatic heterocycles. The van der Waals surface area contributed by atoms with Crippen LogP contribution in [-0.4, -0.2) is 4.98 Å². The first-order valence-corrected chi connectivity index (χ1v) is 6.61. The lowest BCUT2D eigenvalue weighted by Gasteiger charge is -2.14. The van der Waals surface area contributed by atoms with Gasteiger partial charge in [-0.15, -0.1) is 0 Å². The van der Waals surface area contributed by atoms with Gasteiger partial charge in [0.05, 0.1) is 5.52 Å². The number of nitrogens with zero attached hydrogens (tertiary/aromatic N) is 1. The first-order chi connectivity index (χ1) is 7.97. The van der Waals surface area contributed by atoms with Gasteiger partial charge in [-0.3, -0.25) is 4.98 Å². The molecule has 0 unspecified atom stereocenters. The largest absolute Gasteiger partial charge is 0.398 e. The summed E-state index contributed by atoms with van der Waals surface area (Å²) in [7, 11) is 0. The number of nitrogen functional groups attached to an aromatic ring is 1. The highest BCUT2D eigenvalue weighted by Crippen LogP contribution is 2.34. The standard InChI is InChI=1S/C14H17BrN2/c1-5-10-8(3)14(16)12-9(4)13(15)7(2)6-11(12)17-10/h6H,5H2,1-4H3,(H2,16,17). The van der Waals surface area contributed by atoms with Crippen molar-refractivity contribution in [3.05, 3.63) is 32.9 Å². The topological polar surface area (TPSA) is 38.9 Å². The number of hydrogen-bond acceptors (Lipinski definition) is 2. The number of hydrogen-bond donors (Lipinski definition) is 1. The van der Waals surface area contributed by atoms with E-state index in [-0.39, 0.29) is 0 Å². The van der Waals surface area contributed by atoms with Gasteiger partial charge in [-0.05, 0) is 49.9 Å². The van der Waals surface area contributed by atoms with Crippen LogP contribution in [-0.2, 0) is 6.42 Å². The average Bonchev–Trinajstić information content (AvgIpc) is 2.30. The predicted octanol–water partition coefficient (Wildman–Crippen LogP) is 4.07. The van der Waals surface area contributed by atoms with Gasteiger partial charge in [0.2, 0.25) is 0 Å². The van der Waals surface area contributed by atoms with Gasteiger partial charge in [-0.25, -0.2) is 0 Å². The van der Waals surface area contributed by atoms with Gasteiger partial charge in [-0.1, -0.05) is 22.9 Å². The van der Waals surface area contributed by atoms with Gasteiger partial charge in [-0.2, -0.15) is 0 Å². The molecule has 0 amide bonds. The maximum atomic E-state index is 6.25. The van der Waals surface area contributed by atoms with Crippen LogP contribution in [0.5, 0.6) is 0 Å². The summed E-state index contributed by atoms with van der Waals surface area (Å²) in [5, 5.41) is 1.08. The van der Waals surface area contributed by atoms with Gasteiger partial charge in [0.15, 0.2) is 0 Å². The SMILES string of the molecule is CCc1nc2cc(C)c(Br)c(C)c2c(N)c1C. The van der Waals surface area contributed by atoms with Crippen LogP contribution in [0.25, 0.3) is 10.9 Å². The van der Waals surface area contributed by atoms with Crippen molar-refractivity contribution in [2.24, 2.45) is 0 Å². The molecule has 0 aliphatic rings. The minimum Gasteiger partial charge on any atom is -0.398 e. The number of aryl methyl sites for hydroxylation is 3. The second-order valence-corrected chi connectivity index (χ2v) is 5.27. The molecule has 0 radical (unpaired) electrons. The Labute approximate surface area is 110 Å². The fourth-order valence-electron chi connectivity index (χ4n) is 2.28. The first kappa shape index (κ1) is 12.4. The van der Waals surface area contributed by atoms with Crippen LogP contribution < -0.4 is 5.73 Å². The third-order valence-corrected chi connectivity index (χ3v) is 4.58. The number of halogens is 1. The average molecular weight is 293 g/mol. The Kier molecular flexibility index (Phi) is 3.13. The molecule has 0 saturated heterocycles. The summed E-state index contributed by atoms with van der Waals surface area (Å²) < 4.78 is 1.13. The Morgan fingerprint density at radius 1 is 1.24 bits per heavy atom. The highest BCUT2D eigenvalue weighted by atomic mass is 79.9. The zero-order valence-corrected chi connectivity index (χ0v) is 12.3. The van der Waals surface area contributed by atoms with Crippen LogP contribution in [0.2, 0.25) is 0 Å². The fraction of sp³-hybridized carbons (Fsp3) is 0.357. The molecule has 1 heterocycles. The van der Waals surface area contributed by atoms with E-state index in [0.717, 1.165) is 38.7 Å². The molecule has 0 atom stereocenters. The molecule has 1 aromatic carbocycles. The van der Waals surface area contributed by atoms with Crippen LogP contribution in [0, 0.1) is 20.8 Å². The van der Waals surface area contributed by atoms with Crippen LogP contribution in [0.3, 0.4) is 0 Å². The van der Waals surface area contributed by atoms with Crippen molar-refractivity contribution in [2.75, 3.05) is 5.73 Å². The molecule has 2 rings (SSSR count). The maximum absolute atomic E-state index is 6.25. The van der Waals surface area contributed by atoms with Crippen LogP contribution >= 0.6 is 15.9 Å². The van der Waals surface area contributed by atoms with Gasteiger partial charge in [0.1, 0.15) is 0 Å². The van der Waals surface area contributed by atoms with Crippen molar-refractivity contribution in [1.82, 2.24) is 4.98 Å². The highest BCUT2D eigenvalue weighted by molar-refractivity contribution is 9.10. The lowest BCUT2D eigenvalue weighted by atomic mass is 10.0. The van der Waals surface area contributed by atoms with E-state index < -0.39 is 0 Å². The van der Waals surface area contributed by atoms with E-state index >= 15 is 0 Å². The summed E-state index contributed by atoms with van der Waals surface area (Å²) in [6.07, 6.45) is 0.917. The molecule has 0 spiro atoms. The van der Waals surface area contributed by atoms with Crippen molar-refractivity contribution in [1.29, 1.82) is 0 Å². The molecule has 3 heteroatoms.